The molecule has 31 heavy (non-hydrogen) atoms. The van der Waals surface area contributed by atoms with Crippen molar-refractivity contribution >= 4 is 10.0 Å². The summed E-state index contributed by atoms with van der Waals surface area (Å²) in [7, 11) is -3.63. The molecule has 0 fully saturated rings. The lowest BCUT2D eigenvalue weighted by molar-refractivity contribution is 0.243. The Labute approximate surface area is 182 Å². The molecule has 4 aromatic rings. The maximum Gasteiger partial charge on any atom is 0.213 e. The lowest BCUT2D eigenvalue weighted by Crippen LogP contribution is -2.18. The molecular weight excluding hydrogens is 406 g/mol. The molecule has 4 aromatic carbocycles. The zero-order chi connectivity index (χ0) is 21.4. The minimum absolute atomic E-state index is 0.210. The minimum Gasteiger partial charge on any atom is -0.480 e. The molecule has 1 aliphatic heterocycles. The van der Waals surface area contributed by atoms with E-state index in [1.54, 1.807) is 0 Å². The minimum atomic E-state index is -3.63. The van der Waals surface area contributed by atoms with Crippen LogP contribution in [0.15, 0.2) is 97.1 Å². The normalized spacial score (nSPS) is 14.9. The monoisotopic (exact) mass is 427 g/mol. The molecule has 0 bridgehead atoms. The second kappa shape index (κ2) is 7.69. The quantitative estimate of drug-likeness (QED) is 0.481. The van der Waals surface area contributed by atoms with Crippen LogP contribution < -0.4 is 9.88 Å². The predicted octanol–water partition coefficient (Wildman–Crippen LogP) is 5.29. The maximum absolute atomic E-state index is 11.7. The number of hydrogen-bond acceptors (Lipinski definition) is 3. The van der Waals surface area contributed by atoms with Gasteiger partial charge in [0.15, 0.2) is 0 Å². The molecule has 4 nitrogen and oxygen atoms in total. The fraction of sp³-hybridized carbons (Fsp3) is 0.0769. The van der Waals surface area contributed by atoms with Gasteiger partial charge in [-0.3, -0.25) is 0 Å². The maximum atomic E-state index is 11.7. The molecule has 5 heteroatoms. The topological polar surface area (TPSA) is 69.4 Å². The van der Waals surface area contributed by atoms with Crippen LogP contribution in [-0.4, -0.2) is 8.42 Å². The number of benzene rings is 4. The Morgan fingerprint density at radius 3 is 2.16 bits per heavy atom. The van der Waals surface area contributed by atoms with Crippen LogP contribution in [0.5, 0.6) is 5.75 Å². The molecule has 1 atom stereocenters. The van der Waals surface area contributed by atoms with Crippen molar-refractivity contribution in [3.05, 3.63) is 114 Å². The van der Waals surface area contributed by atoms with Crippen molar-refractivity contribution in [2.75, 3.05) is 0 Å². The summed E-state index contributed by atoms with van der Waals surface area (Å²) in [5.74, 6) is 0.596. The van der Waals surface area contributed by atoms with Gasteiger partial charge >= 0.3 is 0 Å². The summed E-state index contributed by atoms with van der Waals surface area (Å²) >= 11 is 0. The fourth-order valence-electron chi connectivity index (χ4n) is 4.12. The van der Waals surface area contributed by atoms with Crippen LogP contribution in [0.25, 0.3) is 22.3 Å². The van der Waals surface area contributed by atoms with Crippen LogP contribution in [0.4, 0.5) is 0 Å². The summed E-state index contributed by atoms with van der Waals surface area (Å²) in [5, 5.41) is 5.29. The summed E-state index contributed by atoms with van der Waals surface area (Å²) in [6, 6.07) is 32.0. The first kappa shape index (κ1) is 19.5. The highest BCUT2D eigenvalue weighted by Gasteiger charge is 2.28. The molecule has 0 amide bonds. The predicted molar refractivity (Wildman–Crippen MR) is 123 cm³/mol. The summed E-state index contributed by atoms with van der Waals surface area (Å²) in [6.07, 6.45) is -0.327. The average Bonchev–Trinajstić information content (AvgIpc) is 2.78. The van der Waals surface area contributed by atoms with Crippen LogP contribution in [-0.2, 0) is 15.8 Å². The van der Waals surface area contributed by atoms with E-state index in [0.29, 0.717) is 5.56 Å². The summed E-state index contributed by atoms with van der Waals surface area (Å²) < 4.78 is 29.8. The molecule has 1 heterocycles. The summed E-state index contributed by atoms with van der Waals surface area (Å²) in [5.41, 5.74) is 6.84. The molecule has 0 radical (unpaired) electrons. The van der Waals surface area contributed by atoms with Gasteiger partial charge in [0.1, 0.15) is 11.9 Å². The van der Waals surface area contributed by atoms with Gasteiger partial charge in [0, 0.05) is 11.1 Å². The molecule has 0 spiro atoms. The molecule has 2 N–H and O–H groups in total. The van der Waals surface area contributed by atoms with Crippen molar-refractivity contribution < 1.29 is 13.2 Å². The second-order valence-corrected chi connectivity index (χ2v) is 9.33. The SMILES string of the molecule is NS(=O)(=O)Cc1ccc2c(c1)C(c1ccccc1)Oc1ccc(-c3ccccc3)cc1-2. The van der Waals surface area contributed by atoms with Crippen LogP contribution in [0.3, 0.4) is 0 Å². The van der Waals surface area contributed by atoms with E-state index in [1.807, 2.05) is 72.8 Å². The van der Waals surface area contributed by atoms with Gasteiger partial charge in [-0.05, 0) is 39.9 Å². The first-order valence-corrected chi connectivity index (χ1v) is 11.7. The molecule has 1 unspecified atom stereocenters. The highest BCUT2D eigenvalue weighted by molar-refractivity contribution is 7.88. The van der Waals surface area contributed by atoms with Gasteiger partial charge < -0.3 is 4.74 Å². The summed E-state index contributed by atoms with van der Waals surface area (Å²) in [4.78, 5) is 0. The lowest BCUT2D eigenvalue weighted by Gasteiger charge is -2.30. The van der Waals surface area contributed by atoms with E-state index in [2.05, 4.69) is 24.3 Å². The van der Waals surface area contributed by atoms with Crippen LogP contribution in [0, 0.1) is 0 Å². The van der Waals surface area contributed by atoms with E-state index < -0.39 is 10.0 Å². The number of nitrogens with two attached hydrogens (primary N) is 1. The number of hydrogen-bond donors (Lipinski definition) is 1. The molecule has 0 aliphatic carbocycles. The zero-order valence-electron chi connectivity index (χ0n) is 16.7. The number of sulfonamides is 1. The van der Waals surface area contributed by atoms with Crippen LogP contribution >= 0.6 is 0 Å². The molecule has 0 saturated carbocycles. The van der Waals surface area contributed by atoms with Crippen molar-refractivity contribution in [2.45, 2.75) is 11.9 Å². The van der Waals surface area contributed by atoms with E-state index in [0.717, 1.165) is 39.1 Å². The third-order valence-electron chi connectivity index (χ3n) is 5.49. The Hall–Kier alpha value is -3.41. The smallest absolute Gasteiger partial charge is 0.213 e. The molecular formula is C26H21NO3S. The first-order valence-electron chi connectivity index (χ1n) is 10.0. The lowest BCUT2D eigenvalue weighted by atomic mass is 9.87. The van der Waals surface area contributed by atoms with Crippen molar-refractivity contribution in [2.24, 2.45) is 5.14 Å². The Morgan fingerprint density at radius 2 is 1.45 bits per heavy atom. The van der Waals surface area contributed by atoms with Gasteiger partial charge in [0.2, 0.25) is 10.0 Å². The Bertz CT molecular complexity index is 1350. The van der Waals surface area contributed by atoms with Crippen molar-refractivity contribution in [1.29, 1.82) is 0 Å². The molecule has 1 aliphatic rings. The molecule has 5 rings (SSSR count). The van der Waals surface area contributed by atoms with E-state index in [9.17, 15) is 8.42 Å². The van der Waals surface area contributed by atoms with Crippen molar-refractivity contribution in [3.63, 3.8) is 0 Å². The largest absolute Gasteiger partial charge is 0.480 e. The van der Waals surface area contributed by atoms with E-state index >= 15 is 0 Å². The van der Waals surface area contributed by atoms with Gasteiger partial charge in [-0.1, -0.05) is 84.9 Å². The van der Waals surface area contributed by atoms with Gasteiger partial charge in [-0.2, -0.15) is 0 Å². The van der Waals surface area contributed by atoms with Gasteiger partial charge in [-0.15, -0.1) is 0 Å². The Morgan fingerprint density at radius 1 is 0.742 bits per heavy atom. The van der Waals surface area contributed by atoms with Crippen LogP contribution in [0.1, 0.15) is 22.8 Å². The molecule has 0 aromatic heterocycles. The zero-order valence-corrected chi connectivity index (χ0v) is 17.5. The summed E-state index contributed by atoms with van der Waals surface area (Å²) in [6.45, 7) is 0. The fourth-order valence-corrected chi connectivity index (χ4v) is 4.76. The van der Waals surface area contributed by atoms with E-state index in [4.69, 9.17) is 9.88 Å². The van der Waals surface area contributed by atoms with Gasteiger partial charge in [0.05, 0.1) is 5.75 Å². The second-order valence-electron chi connectivity index (χ2n) is 7.71. The number of ether oxygens (including phenoxy) is 1. The standard InChI is InChI=1S/C26H21NO3S/c27-31(28,29)17-18-11-13-22-23-16-21(19-7-3-1-4-8-19)12-14-25(23)30-26(24(22)15-18)20-9-5-2-6-10-20/h1-16,26H,17H2,(H2,27,28,29). The van der Waals surface area contributed by atoms with Gasteiger partial charge in [-0.25, -0.2) is 13.6 Å². The Kier molecular flexibility index (Phi) is 4.85. The van der Waals surface area contributed by atoms with Crippen molar-refractivity contribution in [1.82, 2.24) is 0 Å². The average molecular weight is 428 g/mol. The first-order chi connectivity index (χ1) is 15.0. The Balaban J connectivity index is 1.67. The highest BCUT2D eigenvalue weighted by atomic mass is 32.2. The molecule has 0 saturated heterocycles. The molecule has 154 valence electrons. The van der Waals surface area contributed by atoms with E-state index in [-0.39, 0.29) is 11.9 Å². The number of fused-ring (bicyclic) bond motifs is 3. The third kappa shape index (κ3) is 3.98. The number of primary sulfonamides is 1. The third-order valence-corrected chi connectivity index (χ3v) is 6.23. The highest BCUT2D eigenvalue weighted by Crippen LogP contribution is 2.46. The van der Waals surface area contributed by atoms with Crippen LogP contribution in [0.2, 0.25) is 0 Å². The van der Waals surface area contributed by atoms with Gasteiger partial charge in [0.25, 0.3) is 0 Å². The van der Waals surface area contributed by atoms with Crippen molar-refractivity contribution in [3.8, 4) is 28.0 Å². The van der Waals surface area contributed by atoms with E-state index in [1.165, 1.54) is 0 Å². The number of rotatable bonds is 4.